The summed E-state index contributed by atoms with van der Waals surface area (Å²) >= 11 is 0. The van der Waals surface area contributed by atoms with Crippen LogP contribution in [0.5, 0.6) is 0 Å². The van der Waals surface area contributed by atoms with Crippen LogP contribution in [0.15, 0.2) is 52.9 Å². The van der Waals surface area contributed by atoms with Crippen molar-refractivity contribution in [2.75, 3.05) is 0 Å². The number of aromatic nitrogens is 1. The molecule has 0 aliphatic carbocycles. The lowest BCUT2D eigenvalue weighted by Crippen LogP contribution is -2.10. The van der Waals surface area contributed by atoms with E-state index in [0.29, 0.717) is 23.5 Å². The van der Waals surface area contributed by atoms with Crippen LogP contribution in [-0.2, 0) is 16.0 Å². The number of hydrogen-bond acceptors (Lipinski definition) is 6. The Balaban J connectivity index is 1.58. The number of non-ortho nitro benzene ring substituents is 1. The topological polar surface area (TPSA) is 95.5 Å². The van der Waals surface area contributed by atoms with Gasteiger partial charge in [0.25, 0.3) is 5.69 Å². The van der Waals surface area contributed by atoms with Gasteiger partial charge >= 0.3 is 5.97 Å². The maximum absolute atomic E-state index is 12.0. The Morgan fingerprint density at radius 3 is 2.84 bits per heavy atom. The number of benzene rings is 2. The highest BCUT2D eigenvalue weighted by atomic mass is 16.6. The number of para-hydroxylation sites is 2. The zero-order chi connectivity index (χ0) is 17.8. The standard InChI is InChI=1S/C18H16N2O5/c1-12(13-5-4-6-14(11-13)20(22)23)24-18(21)10-9-17-19-15-7-2-3-8-16(15)25-17/h2-8,11-12H,9-10H2,1H3/t12-/m0/s1. The number of rotatable bonds is 6. The van der Waals surface area contributed by atoms with Crippen molar-refractivity contribution in [3.63, 3.8) is 0 Å². The van der Waals surface area contributed by atoms with Crippen molar-refractivity contribution in [1.82, 2.24) is 4.98 Å². The third-order valence-corrected chi connectivity index (χ3v) is 3.74. The maximum atomic E-state index is 12.0. The van der Waals surface area contributed by atoms with E-state index in [9.17, 15) is 14.9 Å². The minimum absolute atomic E-state index is 0.0353. The van der Waals surface area contributed by atoms with Crippen molar-refractivity contribution in [2.24, 2.45) is 0 Å². The molecular formula is C18H16N2O5. The quantitative estimate of drug-likeness (QED) is 0.383. The molecule has 7 heteroatoms. The van der Waals surface area contributed by atoms with E-state index in [-0.39, 0.29) is 12.1 Å². The summed E-state index contributed by atoms with van der Waals surface area (Å²) in [5.74, 6) is 0.0578. The summed E-state index contributed by atoms with van der Waals surface area (Å²) in [6, 6.07) is 13.4. The molecule has 0 aliphatic rings. The zero-order valence-corrected chi connectivity index (χ0v) is 13.5. The zero-order valence-electron chi connectivity index (χ0n) is 13.5. The molecule has 25 heavy (non-hydrogen) atoms. The van der Waals surface area contributed by atoms with Gasteiger partial charge in [-0.3, -0.25) is 14.9 Å². The molecule has 0 aliphatic heterocycles. The van der Waals surface area contributed by atoms with Gasteiger partial charge in [0, 0.05) is 18.6 Å². The van der Waals surface area contributed by atoms with Gasteiger partial charge in [0.15, 0.2) is 11.5 Å². The van der Waals surface area contributed by atoms with Crippen molar-refractivity contribution in [3.05, 3.63) is 70.1 Å². The summed E-state index contributed by atoms with van der Waals surface area (Å²) in [6.45, 7) is 1.68. The number of oxazole rings is 1. The summed E-state index contributed by atoms with van der Waals surface area (Å²) < 4.78 is 10.9. The predicted molar refractivity (Wildman–Crippen MR) is 89.9 cm³/mol. The lowest BCUT2D eigenvalue weighted by Gasteiger charge is -2.13. The molecule has 0 radical (unpaired) electrons. The second-order valence-electron chi connectivity index (χ2n) is 5.56. The van der Waals surface area contributed by atoms with E-state index in [4.69, 9.17) is 9.15 Å². The largest absolute Gasteiger partial charge is 0.458 e. The molecule has 1 aromatic heterocycles. The van der Waals surface area contributed by atoms with Crippen LogP contribution in [0.25, 0.3) is 11.1 Å². The number of fused-ring (bicyclic) bond motifs is 1. The first-order valence-corrected chi connectivity index (χ1v) is 7.81. The van der Waals surface area contributed by atoms with Gasteiger partial charge in [-0.05, 0) is 24.6 Å². The Bertz CT molecular complexity index is 885. The van der Waals surface area contributed by atoms with Crippen LogP contribution in [0.2, 0.25) is 0 Å². The second-order valence-corrected chi connectivity index (χ2v) is 5.56. The number of nitro groups is 1. The summed E-state index contributed by atoms with van der Waals surface area (Å²) in [5.41, 5.74) is 1.96. The number of ether oxygens (including phenoxy) is 1. The second kappa shape index (κ2) is 7.12. The fraction of sp³-hybridized carbons (Fsp3) is 0.222. The van der Waals surface area contributed by atoms with E-state index in [1.807, 2.05) is 24.3 Å². The minimum atomic E-state index is -0.573. The summed E-state index contributed by atoms with van der Waals surface area (Å²) in [7, 11) is 0. The van der Waals surface area contributed by atoms with Crippen molar-refractivity contribution in [1.29, 1.82) is 0 Å². The van der Waals surface area contributed by atoms with E-state index in [1.54, 1.807) is 19.1 Å². The number of esters is 1. The van der Waals surface area contributed by atoms with E-state index in [0.717, 1.165) is 5.52 Å². The molecule has 3 aromatic rings. The monoisotopic (exact) mass is 340 g/mol. The van der Waals surface area contributed by atoms with Crippen LogP contribution in [0.3, 0.4) is 0 Å². The van der Waals surface area contributed by atoms with Crippen molar-refractivity contribution in [3.8, 4) is 0 Å². The SMILES string of the molecule is C[C@H](OC(=O)CCc1nc2ccccc2o1)c1cccc([N+](=O)[O-])c1. The van der Waals surface area contributed by atoms with Gasteiger partial charge in [-0.2, -0.15) is 0 Å². The van der Waals surface area contributed by atoms with Gasteiger partial charge in [0.2, 0.25) is 0 Å². The Kier molecular flexibility index (Phi) is 4.74. The smallest absolute Gasteiger partial charge is 0.306 e. The first-order chi connectivity index (χ1) is 12.0. The van der Waals surface area contributed by atoms with E-state index >= 15 is 0 Å². The van der Waals surface area contributed by atoms with Crippen LogP contribution < -0.4 is 0 Å². The Labute approximate surface area is 143 Å². The fourth-order valence-corrected chi connectivity index (χ4v) is 2.45. The fourth-order valence-electron chi connectivity index (χ4n) is 2.45. The highest BCUT2D eigenvalue weighted by molar-refractivity contribution is 5.73. The van der Waals surface area contributed by atoms with Crippen molar-refractivity contribution >= 4 is 22.8 Å². The number of carbonyl (C=O) groups excluding carboxylic acids is 1. The third-order valence-electron chi connectivity index (χ3n) is 3.74. The van der Waals surface area contributed by atoms with Crippen LogP contribution in [0.4, 0.5) is 5.69 Å². The van der Waals surface area contributed by atoms with Crippen molar-refractivity contribution in [2.45, 2.75) is 25.9 Å². The lowest BCUT2D eigenvalue weighted by atomic mass is 10.1. The number of hydrogen-bond donors (Lipinski definition) is 0. The minimum Gasteiger partial charge on any atom is -0.458 e. The van der Waals surface area contributed by atoms with Gasteiger partial charge < -0.3 is 9.15 Å². The Morgan fingerprint density at radius 1 is 1.28 bits per heavy atom. The maximum Gasteiger partial charge on any atom is 0.306 e. The van der Waals surface area contributed by atoms with Crippen LogP contribution in [-0.4, -0.2) is 15.9 Å². The average Bonchev–Trinajstić information content (AvgIpc) is 3.03. The van der Waals surface area contributed by atoms with Crippen LogP contribution in [0, 0.1) is 10.1 Å². The molecule has 0 saturated heterocycles. The molecule has 128 valence electrons. The molecule has 0 unspecified atom stereocenters. The summed E-state index contributed by atoms with van der Waals surface area (Å²) in [5, 5.41) is 10.8. The van der Waals surface area contributed by atoms with Gasteiger partial charge in [-0.1, -0.05) is 24.3 Å². The molecule has 1 atom stereocenters. The van der Waals surface area contributed by atoms with Crippen LogP contribution >= 0.6 is 0 Å². The number of carbonyl (C=O) groups is 1. The molecule has 3 rings (SSSR count). The molecule has 0 bridgehead atoms. The molecular weight excluding hydrogens is 324 g/mol. The summed E-state index contributed by atoms with van der Waals surface area (Å²) in [4.78, 5) is 26.6. The summed E-state index contributed by atoms with van der Waals surface area (Å²) in [6.07, 6.45) is -0.127. The highest BCUT2D eigenvalue weighted by Crippen LogP contribution is 2.22. The molecule has 1 heterocycles. The normalized spacial score (nSPS) is 12.0. The Hall–Kier alpha value is -3.22. The van der Waals surface area contributed by atoms with Gasteiger partial charge in [0.1, 0.15) is 11.6 Å². The molecule has 0 saturated carbocycles. The number of nitrogens with zero attached hydrogens (tertiary/aromatic N) is 2. The molecule has 0 N–H and O–H groups in total. The van der Waals surface area contributed by atoms with E-state index in [2.05, 4.69) is 4.98 Å². The molecule has 2 aromatic carbocycles. The van der Waals surface area contributed by atoms with Gasteiger partial charge in [-0.25, -0.2) is 4.98 Å². The lowest BCUT2D eigenvalue weighted by molar-refractivity contribution is -0.385. The molecule has 7 nitrogen and oxygen atoms in total. The average molecular weight is 340 g/mol. The number of aryl methyl sites for hydroxylation is 1. The van der Waals surface area contributed by atoms with E-state index in [1.165, 1.54) is 12.1 Å². The first kappa shape index (κ1) is 16.6. The Morgan fingerprint density at radius 2 is 2.08 bits per heavy atom. The third kappa shape index (κ3) is 4.00. The van der Waals surface area contributed by atoms with Crippen LogP contribution in [0.1, 0.15) is 30.9 Å². The van der Waals surface area contributed by atoms with Gasteiger partial charge in [0.05, 0.1) is 11.3 Å². The first-order valence-electron chi connectivity index (χ1n) is 7.81. The van der Waals surface area contributed by atoms with E-state index < -0.39 is 17.0 Å². The molecule has 0 amide bonds. The van der Waals surface area contributed by atoms with Crippen molar-refractivity contribution < 1.29 is 18.9 Å². The highest BCUT2D eigenvalue weighted by Gasteiger charge is 2.16. The molecule has 0 spiro atoms. The number of nitro benzene ring substituents is 1. The van der Waals surface area contributed by atoms with Gasteiger partial charge in [-0.15, -0.1) is 0 Å². The molecule has 0 fully saturated rings. The predicted octanol–water partition coefficient (Wildman–Crippen LogP) is 3.97.